The van der Waals surface area contributed by atoms with Gasteiger partial charge in [0.15, 0.2) is 0 Å². The lowest BCUT2D eigenvalue weighted by molar-refractivity contribution is -0.141. The second-order valence-corrected chi connectivity index (χ2v) is 4.73. The van der Waals surface area contributed by atoms with Gasteiger partial charge in [-0.1, -0.05) is 44.2 Å². The van der Waals surface area contributed by atoms with E-state index in [1.54, 1.807) is 0 Å². The van der Waals surface area contributed by atoms with E-state index >= 15 is 0 Å². The number of benzene rings is 1. The summed E-state index contributed by atoms with van der Waals surface area (Å²) in [5, 5.41) is 9.50. The molecule has 2 aliphatic rings. The third-order valence-corrected chi connectivity index (χ3v) is 4.28. The van der Waals surface area contributed by atoms with E-state index in [1.165, 1.54) is 5.56 Å². The standard InChI is InChI=1S/C14H14O2/c1-3-11-12-10-7-5-4-6-9(10)8(2)14(11,12)13(15)16/h4-7,11-12H,2-3H2,1H3,(H,15,16). The minimum atomic E-state index is -0.703. The van der Waals surface area contributed by atoms with E-state index in [-0.39, 0.29) is 11.8 Å². The quantitative estimate of drug-likeness (QED) is 0.821. The molecular formula is C14H14O2. The molecule has 3 rings (SSSR count). The summed E-state index contributed by atoms with van der Waals surface area (Å²) in [5.74, 6) is -0.295. The molecule has 82 valence electrons. The fourth-order valence-corrected chi connectivity index (χ4v) is 3.58. The maximum atomic E-state index is 11.6. The molecule has 0 aliphatic heterocycles. The van der Waals surface area contributed by atoms with E-state index in [1.807, 2.05) is 24.3 Å². The normalized spacial score (nSPS) is 34.4. The van der Waals surface area contributed by atoms with E-state index in [0.717, 1.165) is 17.6 Å². The van der Waals surface area contributed by atoms with Crippen molar-refractivity contribution < 1.29 is 9.90 Å². The van der Waals surface area contributed by atoms with Crippen LogP contribution in [-0.4, -0.2) is 11.1 Å². The molecule has 0 aromatic heterocycles. The Morgan fingerprint density at radius 3 is 2.81 bits per heavy atom. The van der Waals surface area contributed by atoms with Crippen LogP contribution in [0.15, 0.2) is 30.8 Å². The Morgan fingerprint density at radius 2 is 2.19 bits per heavy atom. The molecule has 2 heteroatoms. The molecule has 3 atom stereocenters. The smallest absolute Gasteiger partial charge is 0.315 e. The van der Waals surface area contributed by atoms with Gasteiger partial charge in [0.25, 0.3) is 0 Å². The Balaban J connectivity index is 2.19. The van der Waals surface area contributed by atoms with Crippen molar-refractivity contribution in [3.8, 4) is 0 Å². The van der Waals surface area contributed by atoms with Crippen LogP contribution in [0.25, 0.3) is 5.57 Å². The predicted molar refractivity (Wildman–Crippen MR) is 62.1 cm³/mol. The van der Waals surface area contributed by atoms with Crippen LogP contribution >= 0.6 is 0 Å². The monoisotopic (exact) mass is 214 g/mol. The van der Waals surface area contributed by atoms with Crippen LogP contribution in [0.4, 0.5) is 0 Å². The summed E-state index contributed by atoms with van der Waals surface area (Å²) < 4.78 is 0. The first-order valence-electron chi connectivity index (χ1n) is 5.67. The van der Waals surface area contributed by atoms with Gasteiger partial charge in [0.2, 0.25) is 0 Å². The maximum absolute atomic E-state index is 11.6. The van der Waals surface area contributed by atoms with Gasteiger partial charge in [-0.25, -0.2) is 0 Å². The number of hydrogen-bond donors (Lipinski definition) is 1. The zero-order chi connectivity index (χ0) is 11.5. The van der Waals surface area contributed by atoms with E-state index in [2.05, 4.69) is 13.5 Å². The molecule has 0 saturated heterocycles. The highest BCUT2D eigenvalue weighted by atomic mass is 16.4. The Morgan fingerprint density at radius 1 is 1.50 bits per heavy atom. The highest BCUT2D eigenvalue weighted by molar-refractivity contribution is 6.02. The molecule has 1 aromatic carbocycles. The van der Waals surface area contributed by atoms with E-state index in [4.69, 9.17) is 0 Å². The second-order valence-electron chi connectivity index (χ2n) is 4.73. The summed E-state index contributed by atoms with van der Waals surface area (Å²) in [6.45, 7) is 6.09. The Bertz CT molecular complexity index is 503. The highest BCUT2D eigenvalue weighted by Crippen LogP contribution is 2.76. The Hall–Kier alpha value is -1.57. The first-order chi connectivity index (χ1) is 7.65. The minimum Gasteiger partial charge on any atom is -0.481 e. The topological polar surface area (TPSA) is 37.3 Å². The summed E-state index contributed by atoms with van der Waals surface area (Å²) in [6, 6.07) is 7.97. The first kappa shape index (κ1) is 9.64. The lowest BCUT2D eigenvalue weighted by atomic mass is 9.90. The number of rotatable bonds is 2. The number of carboxylic acids is 1. The molecule has 1 N–H and O–H groups in total. The van der Waals surface area contributed by atoms with Crippen molar-refractivity contribution in [3.63, 3.8) is 0 Å². The number of aliphatic carboxylic acids is 1. The van der Waals surface area contributed by atoms with E-state index in [9.17, 15) is 9.90 Å². The molecule has 1 aromatic rings. The lowest BCUT2D eigenvalue weighted by Gasteiger charge is -2.13. The van der Waals surface area contributed by atoms with E-state index < -0.39 is 11.4 Å². The largest absolute Gasteiger partial charge is 0.481 e. The van der Waals surface area contributed by atoms with Gasteiger partial charge >= 0.3 is 5.97 Å². The average Bonchev–Trinajstić information content (AvgIpc) is 2.90. The van der Waals surface area contributed by atoms with Gasteiger partial charge in [0.1, 0.15) is 5.41 Å². The molecule has 0 bridgehead atoms. The van der Waals surface area contributed by atoms with Crippen molar-refractivity contribution in [1.82, 2.24) is 0 Å². The molecule has 2 nitrogen and oxygen atoms in total. The third-order valence-electron chi connectivity index (χ3n) is 4.28. The molecular weight excluding hydrogens is 200 g/mol. The summed E-state index contributed by atoms with van der Waals surface area (Å²) >= 11 is 0. The average molecular weight is 214 g/mol. The predicted octanol–water partition coefficient (Wildman–Crippen LogP) is 2.91. The summed E-state index contributed by atoms with van der Waals surface area (Å²) in [6.07, 6.45) is 0.907. The van der Waals surface area contributed by atoms with Crippen LogP contribution in [0, 0.1) is 11.3 Å². The SMILES string of the molecule is C=C1c2ccccc2C2C(CC)C12C(=O)O. The van der Waals surface area contributed by atoms with Crippen molar-refractivity contribution in [3.05, 3.63) is 42.0 Å². The van der Waals surface area contributed by atoms with Gasteiger partial charge in [-0.15, -0.1) is 0 Å². The van der Waals surface area contributed by atoms with Crippen LogP contribution < -0.4 is 0 Å². The van der Waals surface area contributed by atoms with Gasteiger partial charge < -0.3 is 5.11 Å². The number of carbonyl (C=O) groups is 1. The molecule has 1 saturated carbocycles. The highest BCUT2D eigenvalue weighted by Gasteiger charge is 2.74. The van der Waals surface area contributed by atoms with Crippen molar-refractivity contribution >= 4 is 11.5 Å². The zero-order valence-electron chi connectivity index (χ0n) is 9.23. The lowest BCUT2D eigenvalue weighted by Crippen LogP contribution is -2.17. The molecule has 0 amide bonds. The van der Waals surface area contributed by atoms with Gasteiger partial charge in [0, 0.05) is 5.92 Å². The van der Waals surface area contributed by atoms with Crippen molar-refractivity contribution in [2.45, 2.75) is 19.3 Å². The number of carboxylic acid groups (broad SMARTS) is 1. The van der Waals surface area contributed by atoms with E-state index in [0.29, 0.717) is 0 Å². The van der Waals surface area contributed by atoms with Crippen LogP contribution in [0.2, 0.25) is 0 Å². The van der Waals surface area contributed by atoms with Crippen LogP contribution in [0.5, 0.6) is 0 Å². The van der Waals surface area contributed by atoms with Gasteiger partial charge in [-0.05, 0) is 22.6 Å². The molecule has 0 heterocycles. The summed E-state index contributed by atoms with van der Waals surface area (Å²) in [5.41, 5.74) is 2.37. The third kappa shape index (κ3) is 0.787. The van der Waals surface area contributed by atoms with Crippen molar-refractivity contribution in [2.24, 2.45) is 11.3 Å². The maximum Gasteiger partial charge on any atom is 0.315 e. The molecule has 0 spiro atoms. The summed E-state index contributed by atoms with van der Waals surface area (Å²) in [7, 11) is 0. The Kier molecular flexibility index (Phi) is 1.66. The van der Waals surface area contributed by atoms with Gasteiger partial charge in [-0.2, -0.15) is 0 Å². The zero-order valence-corrected chi connectivity index (χ0v) is 9.23. The number of hydrogen-bond acceptors (Lipinski definition) is 1. The van der Waals surface area contributed by atoms with Gasteiger partial charge in [-0.3, -0.25) is 4.79 Å². The van der Waals surface area contributed by atoms with Crippen molar-refractivity contribution in [2.75, 3.05) is 0 Å². The summed E-state index contributed by atoms with van der Waals surface area (Å²) in [4.78, 5) is 11.6. The minimum absolute atomic E-state index is 0.165. The molecule has 16 heavy (non-hydrogen) atoms. The number of fused-ring (bicyclic) bond motifs is 3. The molecule has 1 fully saturated rings. The van der Waals surface area contributed by atoms with Crippen molar-refractivity contribution in [1.29, 1.82) is 0 Å². The van der Waals surface area contributed by atoms with Crippen LogP contribution in [0.1, 0.15) is 30.4 Å². The Labute approximate surface area is 94.6 Å². The van der Waals surface area contributed by atoms with Crippen LogP contribution in [-0.2, 0) is 4.79 Å². The fraction of sp³-hybridized carbons (Fsp3) is 0.357. The second kappa shape index (κ2) is 2.76. The molecule has 2 aliphatic carbocycles. The first-order valence-corrected chi connectivity index (χ1v) is 5.67. The van der Waals surface area contributed by atoms with Gasteiger partial charge in [0.05, 0.1) is 0 Å². The molecule has 0 radical (unpaired) electrons. The molecule has 3 unspecified atom stereocenters. The van der Waals surface area contributed by atoms with Crippen LogP contribution in [0.3, 0.4) is 0 Å². The fourth-order valence-electron chi connectivity index (χ4n) is 3.58.